The molecule has 1 aliphatic carbocycles. The van der Waals surface area contributed by atoms with Crippen molar-refractivity contribution in [3.8, 4) is 0 Å². The van der Waals surface area contributed by atoms with Crippen molar-refractivity contribution in [2.45, 2.75) is 51.6 Å². The zero-order valence-corrected chi connectivity index (χ0v) is 15.9. The van der Waals surface area contributed by atoms with E-state index in [1.165, 1.54) is 29.1 Å². The highest BCUT2D eigenvalue weighted by Gasteiger charge is 2.28. The summed E-state index contributed by atoms with van der Waals surface area (Å²) < 4.78 is 5.00. The number of carbonyl (C=O) groups excluding carboxylic acids is 2. The fraction of sp³-hybridized carbons (Fsp3) is 0.500. The van der Waals surface area contributed by atoms with E-state index in [2.05, 4.69) is 4.98 Å². The van der Waals surface area contributed by atoms with Gasteiger partial charge in [0.15, 0.2) is 5.69 Å². The zero-order valence-electron chi connectivity index (χ0n) is 14.3. The molecule has 0 spiro atoms. The molecule has 1 saturated carbocycles. The summed E-state index contributed by atoms with van der Waals surface area (Å²) in [5.41, 5.74) is 0.328. The van der Waals surface area contributed by atoms with Gasteiger partial charge >= 0.3 is 5.97 Å². The highest BCUT2D eigenvalue weighted by atomic mass is 32.1. The summed E-state index contributed by atoms with van der Waals surface area (Å²) in [6.45, 7) is 2.55. The second kappa shape index (κ2) is 8.58. The van der Waals surface area contributed by atoms with Crippen molar-refractivity contribution in [1.82, 2.24) is 9.88 Å². The van der Waals surface area contributed by atoms with Crippen LogP contribution in [0.15, 0.2) is 22.9 Å². The molecule has 2 aromatic rings. The van der Waals surface area contributed by atoms with Gasteiger partial charge in [0, 0.05) is 11.4 Å². The van der Waals surface area contributed by atoms with Crippen LogP contribution < -0.4 is 0 Å². The van der Waals surface area contributed by atoms with Gasteiger partial charge in [-0.15, -0.1) is 22.7 Å². The smallest absolute Gasteiger partial charge is 0.357 e. The SMILES string of the molecule is CCOC(=O)c1csc(CN(C(=O)c2cccs2)C2CCCCC2)n1. The molecular formula is C18H22N2O3S2. The molecule has 1 fully saturated rings. The summed E-state index contributed by atoms with van der Waals surface area (Å²) in [6, 6.07) is 4.02. The largest absolute Gasteiger partial charge is 0.461 e. The third-order valence-electron chi connectivity index (χ3n) is 4.35. The van der Waals surface area contributed by atoms with E-state index in [0.29, 0.717) is 18.8 Å². The lowest BCUT2D eigenvalue weighted by Crippen LogP contribution is -2.40. The molecule has 0 radical (unpaired) electrons. The average Bonchev–Trinajstić information content (AvgIpc) is 3.32. The van der Waals surface area contributed by atoms with Gasteiger partial charge in [-0.25, -0.2) is 9.78 Å². The normalized spacial score (nSPS) is 15.1. The van der Waals surface area contributed by atoms with Crippen LogP contribution in [0.2, 0.25) is 0 Å². The standard InChI is InChI=1S/C18H22N2O3S2/c1-2-23-18(22)14-12-25-16(19-14)11-20(13-7-4-3-5-8-13)17(21)15-9-6-10-24-15/h6,9-10,12-13H,2-5,7-8,11H2,1H3. The van der Waals surface area contributed by atoms with Crippen LogP contribution in [0.5, 0.6) is 0 Å². The van der Waals surface area contributed by atoms with Crippen molar-refractivity contribution in [3.05, 3.63) is 38.5 Å². The molecule has 0 aliphatic heterocycles. The summed E-state index contributed by atoms with van der Waals surface area (Å²) >= 11 is 2.88. The van der Waals surface area contributed by atoms with Crippen molar-refractivity contribution in [3.63, 3.8) is 0 Å². The Bertz CT molecular complexity index is 706. The molecule has 25 heavy (non-hydrogen) atoms. The number of carbonyl (C=O) groups is 2. The molecule has 0 unspecified atom stereocenters. The van der Waals surface area contributed by atoms with E-state index >= 15 is 0 Å². The molecule has 3 rings (SSSR count). The van der Waals surface area contributed by atoms with E-state index in [-0.39, 0.29) is 11.9 Å². The van der Waals surface area contributed by atoms with E-state index in [4.69, 9.17) is 4.74 Å². The number of hydrogen-bond donors (Lipinski definition) is 0. The van der Waals surface area contributed by atoms with Crippen molar-refractivity contribution in [2.24, 2.45) is 0 Å². The third kappa shape index (κ3) is 4.46. The lowest BCUT2D eigenvalue weighted by atomic mass is 9.94. The van der Waals surface area contributed by atoms with Gasteiger partial charge in [-0.1, -0.05) is 25.3 Å². The van der Waals surface area contributed by atoms with E-state index < -0.39 is 5.97 Å². The summed E-state index contributed by atoms with van der Waals surface area (Å²) in [4.78, 5) is 31.9. The van der Waals surface area contributed by atoms with Gasteiger partial charge in [-0.3, -0.25) is 4.79 Å². The van der Waals surface area contributed by atoms with Gasteiger partial charge in [0.1, 0.15) is 5.01 Å². The number of hydrogen-bond acceptors (Lipinski definition) is 6. The maximum absolute atomic E-state index is 13.0. The summed E-state index contributed by atoms with van der Waals surface area (Å²) in [5.74, 6) is -0.339. The highest BCUT2D eigenvalue weighted by molar-refractivity contribution is 7.12. The Balaban J connectivity index is 1.77. The maximum atomic E-state index is 13.0. The molecule has 2 aromatic heterocycles. The average molecular weight is 379 g/mol. The van der Waals surface area contributed by atoms with Crippen LogP contribution in [0, 0.1) is 0 Å². The molecule has 1 aliphatic rings. The fourth-order valence-electron chi connectivity index (χ4n) is 3.13. The fourth-order valence-corrected chi connectivity index (χ4v) is 4.57. The molecule has 2 heterocycles. The van der Waals surface area contributed by atoms with Crippen LogP contribution in [0.3, 0.4) is 0 Å². The van der Waals surface area contributed by atoms with Crippen LogP contribution in [0.25, 0.3) is 0 Å². The Morgan fingerprint density at radius 1 is 1.28 bits per heavy atom. The van der Waals surface area contributed by atoms with E-state index in [9.17, 15) is 9.59 Å². The predicted molar refractivity (Wildman–Crippen MR) is 99.1 cm³/mol. The summed E-state index contributed by atoms with van der Waals surface area (Å²) in [5, 5.41) is 4.41. The third-order valence-corrected chi connectivity index (χ3v) is 6.04. The molecular weight excluding hydrogens is 356 g/mol. The molecule has 134 valence electrons. The quantitative estimate of drug-likeness (QED) is 0.701. The predicted octanol–water partition coefficient (Wildman–Crippen LogP) is 4.36. The van der Waals surface area contributed by atoms with Crippen LogP contribution in [-0.2, 0) is 11.3 Å². The van der Waals surface area contributed by atoms with Gasteiger partial charge in [0.2, 0.25) is 0 Å². The van der Waals surface area contributed by atoms with Gasteiger partial charge in [-0.05, 0) is 31.2 Å². The van der Waals surface area contributed by atoms with Crippen LogP contribution in [-0.4, -0.2) is 34.4 Å². The molecule has 1 amide bonds. The van der Waals surface area contributed by atoms with Crippen molar-refractivity contribution in [2.75, 3.05) is 6.61 Å². The Kier molecular flexibility index (Phi) is 6.20. The Morgan fingerprint density at radius 2 is 2.08 bits per heavy atom. The minimum absolute atomic E-state index is 0.0646. The lowest BCUT2D eigenvalue weighted by Gasteiger charge is -2.33. The molecule has 0 atom stereocenters. The molecule has 0 saturated heterocycles. The molecule has 5 nitrogen and oxygen atoms in total. The molecule has 0 bridgehead atoms. The van der Waals surface area contributed by atoms with Crippen LogP contribution >= 0.6 is 22.7 Å². The van der Waals surface area contributed by atoms with Crippen LogP contribution in [0.4, 0.5) is 0 Å². The van der Waals surface area contributed by atoms with Gasteiger partial charge in [-0.2, -0.15) is 0 Å². The molecule has 0 aromatic carbocycles. The number of ether oxygens (including phenoxy) is 1. The number of thiophene rings is 1. The first-order valence-electron chi connectivity index (χ1n) is 8.65. The monoisotopic (exact) mass is 378 g/mol. The molecule has 0 N–H and O–H groups in total. The summed E-state index contributed by atoms with van der Waals surface area (Å²) in [6.07, 6.45) is 5.62. The minimum atomic E-state index is -0.404. The maximum Gasteiger partial charge on any atom is 0.357 e. The second-order valence-electron chi connectivity index (χ2n) is 6.05. The highest BCUT2D eigenvalue weighted by Crippen LogP contribution is 2.27. The first-order chi connectivity index (χ1) is 12.2. The van der Waals surface area contributed by atoms with E-state index in [1.807, 2.05) is 22.4 Å². The Labute approximate surface area is 155 Å². The summed E-state index contributed by atoms with van der Waals surface area (Å²) in [7, 11) is 0. The van der Waals surface area contributed by atoms with Crippen molar-refractivity contribution < 1.29 is 14.3 Å². The zero-order chi connectivity index (χ0) is 17.6. The Morgan fingerprint density at radius 3 is 2.76 bits per heavy atom. The number of nitrogens with zero attached hydrogens (tertiary/aromatic N) is 2. The van der Waals surface area contributed by atoms with Gasteiger partial charge < -0.3 is 9.64 Å². The molecule has 7 heteroatoms. The first-order valence-corrected chi connectivity index (χ1v) is 10.4. The van der Waals surface area contributed by atoms with Crippen molar-refractivity contribution in [1.29, 1.82) is 0 Å². The lowest BCUT2D eigenvalue weighted by molar-refractivity contribution is 0.0520. The van der Waals surface area contributed by atoms with Gasteiger partial charge in [0.25, 0.3) is 5.91 Å². The van der Waals surface area contributed by atoms with Gasteiger partial charge in [0.05, 0.1) is 18.0 Å². The Hall–Kier alpha value is -1.73. The first kappa shape index (κ1) is 18.1. The number of esters is 1. The van der Waals surface area contributed by atoms with Crippen molar-refractivity contribution >= 4 is 34.6 Å². The minimum Gasteiger partial charge on any atom is -0.461 e. The van der Waals surface area contributed by atoms with Crippen LogP contribution in [0.1, 0.15) is 64.2 Å². The number of aromatic nitrogens is 1. The second-order valence-corrected chi connectivity index (χ2v) is 7.94. The number of amides is 1. The number of thiazole rings is 1. The van der Waals surface area contributed by atoms with E-state index in [0.717, 1.165) is 35.6 Å². The van der Waals surface area contributed by atoms with E-state index in [1.54, 1.807) is 12.3 Å². The number of rotatable bonds is 6. The topological polar surface area (TPSA) is 59.5 Å².